The first kappa shape index (κ1) is 17.0. The molecule has 1 aliphatic rings. The van der Waals surface area contributed by atoms with Gasteiger partial charge in [0.15, 0.2) is 0 Å². The lowest BCUT2D eigenvalue weighted by Crippen LogP contribution is -2.13. The number of nitrogens with zero attached hydrogens (tertiary/aromatic N) is 1. The second-order valence-electron chi connectivity index (χ2n) is 6.10. The van der Waals surface area contributed by atoms with Gasteiger partial charge in [0.05, 0.1) is 13.2 Å². The molecule has 0 aliphatic heterocycles. The van der Waals surface area contributed by atoms with Gasteiger partial charge in [-0.15, -0.1) is 0 Å². The van der Waals surface area contributed by atoms with Crippen LogP contribution < -0.4 is 0 Å². The van der Waals surface area contributed by atoms with Crippen LogP contribution in [0.2, 0.25) is 0 Å². The minimum Gasteiger partial charge on any atom is -0.471 e. The molecule has 3 rings (SSSR count). The van der Waals surface area contributed by atoms with E-state index in [1.165, 1.54) is 11.1 Å². The second kappa shape index (κ2) is 7.81. The van der Waals surface area contributed by atoms with Crippen molar-refractivity contribution in [2.24, 2.45) is 0 Å². The van der Waals surface area contributed by atoms with E-state index in [2.05, 4.69) is 35.2 Å². The van der Waals surface area contributed by atoms with Gasteiger partial charge in [0.1, 0.15) is 0 Å². The van der Waals surface area contributed by atoms with Gasteiger partial charge < -0.3 is 4.74 Å². The lowest BCUT2D eigenvalue weighted by atomic mass is 9.82. The molecule has 126 valence electrons. The van der Waals surface area contributed by atoms with E-state index in [1.54, 1.807) is 6.92 Å². The molecule has 0 amide bonds. The van der Waals surface area contributed by atoms with E-state index in [4.69, 9.17) is 11.3 Å². The van der Waals surface area contributed by atoms with Crippen LogP contribution in [0.1, 0.15) is 42.4 Å². The maximum atomic E-state index is 12.4. The van der Waals surface area contributed by atoms with Crippen LogP contribution in [-0.4, -0.2) is 12.6 Å². The Bertz CT molecular complexity index is 831. The van der Waals surface area contributed by atoms with E-state index < -0.39 is 5.97 Å². The molecule has 0 heterocycles. The number of hydrogen-bond acceptors (Lipinski definition) is 2. The molecule has 25 heavy (non-hydrogen) atoms. The molecule has 2 aromatic rings. The van der Waals surface area contributed by atoms with E-state index in [9.17, 15) is 4.79 Å². The SMILES string of the molecule is [C-]#[N+]C(C(=O)OCC)=C1CCCc2ccccc2C1c1ccccc1. The summed E-state index contributed by atoms with van der Waals surface area (Å²) >= 11 is 0. The molecule has 0 saturated carbocycles. The van der Waals surface area contributed by atoms with E-state index in [0.717, 1.165) is 30.4 Å². The van der Waals surface area contributed by atoms with Crippen molar-refractivity contribution in [2.75, 3.05) is 6.61 Å². The molecule has 0 bridgehead atoms. The number of carbonyl (C=O) groups is 1. The van der Waals surface area contributed by atoms with Crippen molar-refractivity contribution >= 4 is 5.97 Å². The van der Waals surface area contributed by atoms with Gasteiger partial charge in [-0.25, -0.2) is 4.85 Å². The van der Waals surface area contributed by atoms with E-state index in [0.29, 0.717) is 0 Å². The molecule has 3 nitrogen and oxygen atoms in total. The average Bonchev–Trinajstić information content (AvgIpc) is 2.83. The first-order valence-corrected chi connectivity index (χ1v) is 8.66. The fourth-order valence-corrected chi connectivity index (χ4v) is 3.57. The molecule has 0 aromatic heterocycles. The van der Waals surface area contributed by atoms with Gasteiger partial charge in [0.25, 0.3) is 5.70 Å². The summed E-state index contributed by atoms with van der Waals surface area (Å²) in [6.07, 6.45) is 2.61. The molecule has 3 heteroatoms. The summed E-state index contributed by atoms with van der Waals surface area (Å²) in [6.45, 7) is 9.62. The van der Waals surface area contributed by atoms with E-state index >= 15 is 0 Å². The molecule has 0 N–H and O–H groups in total. The Morgan fingerprint density at radius 3 is 2.56 bits per heavy atom. The highest BCUT2D eigenvalue weighted by atomic mass is 16.5. The van der Waals surface area contributed by atoms with Crippen LogP contribution in [0.15, 0.2) is 65.9 Å². The van der Waals surface area contributed by atoms with Gasteiger partial charge >= 0.3 is 5.97 Å². The number of fused-ring (bicyclic) bond motifs is 1. The number of esters is 1. The smallest absolute Gasteiger partial charge is 0.336 e. The number of rotatable bonds is 3. The highest BCUT2D eigenvalue weighted by Crippen LogP contribution is 2.41. The van der Waals surface area contributed by atoms with Crippen LogP contribution in [0, 0.1) is 6.57 Å². The highest BCUT2D eigenvalue weighted by Gasteiger charge is 2.29. The summed E-state index contributed by atoms with van der Waals surface area (Å²) in [6, 6.07) is 18.5. The zero-order valence-corrected chi connectivity index (χ0v) is 14.4. The minimum absolute atomic E-state index is 0.0755. The standard InChI is InChI=1S/C22H21NO2/c1-3-25-22(24)21(23-2)19-15-9-13-16-10-7-8-14-18(16)20(19)17-11-5-4-6-12-17/h4-8,10-12,14,20H,3,9,13,15H2,1H3. The average molecular weight is 331 g/mol. The maximum absolute atomic E-state index is 12.4. The monoisotopic (exact) mass is 331 g/mol. The first-order chi connectivity index (χ1) is 12.3. The molecular weight excluding hydrogens is 310 g/mol. The summed E-state index contributed by atoms with van der Waals surface area (Å²) in [4.78, 5) is 16.0. The van der Waals surface area contributed by atoms with Crippen molar-refractivity contribution in [3.8, 4) is 0 Å². The molecule has 2 aromatic carbocycles. The van der Waals surface area contributed by atoms with Crippen molar-refractivity contribution in [1.29, 1.82) is 0 Å². The fourth-order valence-electron chi connectivity index (χ4n) is 3.57. The molecule has 0 saturated heterocycles. The summed E-state index contributed by atoms with van der Waals surface area (Å²) in [5.74, 6) is -0.582. The predicted octanol–water partition coefficient (Wildman–Crippen LogP) is 4.89. The van der Waals surface area contributed by atoms with Crippen LogP contribution in [0.3, 0.4) is 0 Å². The molecule has 1 aliphatic carbocycles. The fraction of sp³-hybridized carbons (Fsp3) is 0.273. The van der Waals surface area contributed by atoms with E-state index in [1.807, 2.05) is 24.3 Å². The lowest BCUT2D eigenvalue weighted by molar-refractivity contribution is -0.138. The largest absolute Gasteiger partial charge is 0.471 e. The Morgan fingerprint density at radius 1 is 1.12 bits per heavy atom. The molecule has 0 radical (unpaired) electrons. The third kappa shape index (κ3) is 3.49. The van der Waals surface area contributed by atoms with Crippen LogP contribution in [0.25, 0.3) is 4.85 Å². The zero-order chi connectivity index (χ0) is 17.6. The molecular formula is C22H21NO2. The number of allylic oxidation sites excluding steroid dienone is 1. The van der Waals surface area contributed by atoms with Gasteiger partial charge in [-0.1, -0.05) is 54.6 Å². The number of carbonyl (C=O) groups excluding carboxylic acids is 1. The maximum Gasteiger partial charge on any atom is 0.336 e. The summed E-state index contributed by atoms with van der Waals surface area (Å²) in [5, 5.41) is 0. The predicted molar refractivity (Wildman–Crippen MR) is 97.9 cm³/mol. The number of benzene rings is 2. The quantitative estimate of drug-likeness (QED) is 0.347. The van der Waals surface area contributed by atoms with E-state index in [-0.39, 0.29) is 18.2 Å². The van der Waals surface area contributed by atoms with Crippen LogP contribution >= 0.6 is 0 Å². The summed E-state index contributed by atoms with van der Waals surface area (Å²) in [5.41, 5.74) is 4.61. The van der Waals surface area contributed by atoms with Crippen LogP contribution in [0.5, 0.6) is 0 Å². The van der Waals surface area contributed by atoms with Crippen molar-refractivity contribution in [3.63, 3.8) is 0 Å². The van der Waals surface area contributed by atoms with Crippen molar-refractivity contribution in [3.05, 3.63) is 94.0 Å². The van der Waals surface area contributed by atoms with Gasteiger partial charge in [0.2, 0.25) is 0 Å². The number of aryl methyl sites for hydroxylation is 1. The molecule has 1 atom stereocenters. The Kier molecular flexibility index (Phi) is 5.30. The first-order valence-electron chi connectivity index (χ1n) is 8.66. The minimum atomic E-state index is -0.507. The molecule has 0 spiro atoms. The highest BCUT2D eigenvalue weighted by molar-refractivity contribution is 5.92. The van der Waals surface area contributed by atoms with Crippen LogP contribution in [-0.2, 0) is 16.0 Å². The van der Waals surface area contributed by atoms with Gasteiger partial charge in [0, 0.05) is 5.92 Å². The second-order valence-corrected chi connectivity index (χ2v) is 6.10. The van der Waals surface area contributed by atoms with Crippen molar-refractivity contribution < 1.29 is 9.53 Å². The Balaban J connectivity index is 2.23. The van der Waals surface area contributed by atoms with Crippen molar-refractivity contribution in [1.82, 2.24) is 0 Å². The normalized spacial score (nSPS) is 18.5. The number of hydrogen-bond donors (Lipinski definition) is 0. The van der Waals surface area contributed by atoms with Crippen LogP contribution in [0.4, 0.5) is 0 Å². The molecule has 0 fully saturated rings. The third-order valence-corrected chi connectivity index (χ3v) is 4.62. The summed E-state index contributed by atoms with van der Waals surface area (Å²) in [7, 11) is 0. The Morgan fingerprint density at radius 2 is 1.84 bits per heavy atom. The summed E-state index contributed by atoms with van der Waals surface area (Å²) < 4.78 is 5.15. The third-order valence-electron chi connectivity index (χ3n) is 4.62. The zero-order valence-electron chi connectivity index (χ0n) is 14.4. The van der Waals surface area contributed by atoms with Gasteiger partial charge in [-0.3, -0.25) is 4.79 Å². The van der Waals surface area contributed by atoms with Crippen molar-refractivity contribution in [2.45, 2.75) is 32.1 Å². The molecule has 1 unspecified atom stereocenters. The lowest BCUT2D eigenvalue weighted by Gasteiger charge is -2.22. The Labute approximate surface area is 148 Å². The van der Waals surface area contributed by atoms with Gasteiger partial charge in [-0.05, 0) is 48.4 Å². The Hall–Kier alpha value is -2.86. The number of ether oxygens (including phenoxy) is 1. The topological polar surface area (TPSA) is 30.7 Å². The van der Waals surface area contributed by atoms with Gasteiger partial charge in [-0.2, -0.15) is 0 Å².